The molecule has 1 aromatic heterocycles. The van der Waals surface area contributed by atoms with Crippen molar-refractivity contribution in [3.63, 3.8) is 0 Å². The average Bonchev–Trinajstić information content (AvgIpc) is 2.74. The molecule has 6 heteroatoms. The molecule has 0 saturated heterocycles. The van der Waals surface area contributed by atoms with E-state index in [4.69, 9.17) is 9.47 Å². The van der Waals surface area contributed by atoms with Crippen LogP contribution in [0.25, 0.3) is 22.5 Å². The normalized spacial score (nSPS) is 10.4. The highest BCUT2D eigenvalue weighted by Crippen LogP contribution is 2.29. The maximum Gasteiger partial charge on any atom is 0.357 e. The zero-order chi connectivity index (χ0) is 19.9. The minimum Gasteiger partial charge on any atom is -0.461 e. The second-order valence-electron chi connectivity index (χ2n) is 5.79. The molecule has 3 rings (SSSR count). The molecule has 0 fully saturated rings. The Morgan fingerprint density at radius 2 is 1.14 bits per heavy atom. The van der Waals surface area contributed by atoms with E-state index in [1.165, 1.54) is 0 Å². The lowest BCUT2D eigenvalue weighted by Crippen LogP contribution is -2.17. The fourth-order valence-electron chi connectivity index (χ4n) is 2.75. The second kappa shape index (κ2) is 8.90. The van der Waals surface area contributed by atoms with Crippen LogP contribution in [0, 0.1) is 0 Å². The minimum atomic E-state index is -0.619. The van der Waals surface area contributed by atoms with E-state index in [1.807, 2.05) is 36.4 Å². The molecule has 0 bridgehead atoms. The van der Waals surface area contributed by atoms with Gasteiger partial charge in [0.2, 0.25) is 0 Å². The molecule has 0 saturated carbocycles. The molecule has 0 spiro atoms. The minimum absolute atomic E-state index is 0.0324. The van der Waals surface area contributed by atoms with E-state index in [1.54, 1.807) is 38.1 Å². The van der Waals surface area contributed by atoms with Crippen LogP contribution >= 0.6 is 0 Å². The zero-order valence-electron chi connectivity index (χ0n) is 15.7. The highest BCUT2D eigenvalue weighted by atomic mass is 16.5. The van der Waals surface area contributed by atoms with Crippen molar-refractivity contribution in [1.82, 2.24) is 9.97 Å². The van der Waals surface area contributed by atoms with Crippen molar-refractivity contribution < 1.29 is 19.1 Å². The first-order valence-corrected chi connectivity index (χ1v) is 9.02. The Morgan fingerprint density at radius 3 is 1.57 bits per heavy atom. The van der Waals surface area contributed by atoms with Crippen LogP contribution in [0.2, 0.25) is 0 Å². The Labute approximate surface area is 163 Å². The van der Waals surface area contributed by atoms with Crippen LogP contribution in [0.3, 0.4) is 0 Å². The first-order valence-electron chi connectivity index (χ1n) is 9.02. The van der Waals surface area contributed by atoms with Gasteiger partial charge < -0.3 is 9.47 Å². The van der Waals surface area contributed by atoms with Crippen molar-refractivity contribution in [1.29, 1.82) is 0 Å². The number of aromatic nitrogens is 2. The molecule has 0 aliphatic heterocycles. The molecule has 0 amide bonds. The van der Waals surface area contributed by atoms with E-state index < -0.39 is 11.9 Å². The van der Waals surface area contributed by atoms with Crippen molar-refractivity contribution >= 4 is 11.9 Å². The standard InChI is InChI=1S/C22H20N2O4/c1-3-27-21(25)18-17(15-11-7-5-8-12-15)19(22(26)28-4-2)24-20(23-18)16-13-9-6-10-14-16/h5-14H,3-4H2,1-2H3. The fraction of sp³-hybridized carbons (Fsp3) is 0.182. The maximum absolute atomic E-state index is 12.7. The number of ether oxygens (including phenoxy) is 2. The molecule has 0 unspecified atom stereocenters. The molecule has 3 aromatic rings. The monoisotopic (exact) mass is 376 g/mol. The SMILES string of the molecule is CCOC(=O)c1nc(-c2ccccc2)nc(C(=O)OCC)c1-c1ccccc1. The van der Waals surface area contributed by atoms with Gasteiger partial charge in [0.05, 0.1) is 13.2 Å². The molecular weight excluding hydrogens is 356 g/mol. The predicted octanol–water partition coefficient (Wildman–Crippen LogP) is 4.16. The van der Waals surface area contributed by atoms with Crippen LogP contribution in [0.15, 0.2) is 60.7 Å². The number of carbonyl (C=O) groups excluding carboxylic acids is 2. The van der Waals surface area contributed by atoms with E-state index >= 15 is 0 Å². The molecule has 0 aliphatic carbocycles. The van der Waals surface area contributed by atoms with Gasteiger partial charge in [-0.05, 0) is 19.4 Å². The quantitative estimate of drug-likeness (QED) is 0.601. The van der Waals surface area contributed by atoms with Crippen LogP contribution in [0.1, 0.15) is 34.8 Å². The first kappa shape index (κ1) is 19.2. The van der Waals surface area contributed by atoms with Crippen LogP contribution in [-0.4, -0.2) is 35.1 Å². The Kier molecular flexibility index (Phi) is 6.11. The first-order chi connectivity index (χ1) is 13.7. The third-order valence-electron chi connectivity index (χ3n) is 3.94. The van der Waals surface area contributed by atoms with Crippen LogP contribution in [0.5, 0.6) is 0 Å². The van der Waals surface area contributed by atoms with Gasteiger partial charge in [-0.3, -0.25) is 0 Å². The zero-order valence-corrected chi connectivity index (χ0v) is 15.7. The summed E-state index contributed by atoms with van der Waals surface area (Å²) in [4.78, 5) is 34.3. The van der Waals surface area contributed by atoms with Crippen molar-refractivity contribution in [2.75, 3.05) is 13.2 Å². The Balaban J connectivity index is 2.31. The third-order valence-corrected chi connectivity index (χ3v) is 3.94. The Hall–Kier alpha value is -3.54. The Bertz CT molecular complexity index is 933. The summed E-state index contributed by atoms with van der Waals surface area (Å²) in [5.74, 6) is -0.982. The van der Waals surface area contributed by atoms with Gasteiger partial charge in [0.15, 0.2) is 17.2 Å². The summed E-state index contributed by atoms with van der Waals surface area (Å²) in [6, 6.07) is 18.2. The molecule has 1 heterocycles. The molecule has 0 N–H and O–H groups in total. The average molecular weight is 376 g/mol. The number of benzene rings is 2. The lowest BCUT2D eigenvalue weighted by Gasteiger charge is -2.14. The number of esters is 2. The van der Waals surface area contributed by atoms with E-state index in [2.05, 4.69) is 9.97 Å². The van der Waals surface area contributed by atoms with Crippen LogP contribution < -0.4 is 0 Å². The van der Waals surface area contributed by atoms with Gasteiger partial charge in [0.1, 0.15) is 0 Å². The van der Waals surface area contributed by atoms with E-state index in [-0.39, 0.29) is 30.4 Å². The van der Waals surface area contributed by atoms with E-state index in [0.717, 1.165) is 0 Å². The fourth-order valence-corrected chi connectivity index (χ4v) is 2.75. The van der Waals surface area contributed by atoms with Gasteiger partial charge in [-0.15, -0.1) is 0 Å². The Morgan fingerprint density at radius 1 is 0.714 bits per heavy atom. The van der Waals surface area contributed by atoms with Crippen LogP contribution in [0.4, 0.5) is 0 Å². The highest BCUT2D eigenvalue weighted by Gasteiger charge is 2.27. The van der Waals surface area contributed by atoms with E-state index in [0.29, 0.717) is 16.7 Å². The third kappa shape index (κ3) is 4.06. The van der Waals surface area contributed by atoms with Crippen molar-refractivity contribution in [2.45, 2.75) is 13.8 Å². The summed E-state index contributed by atoms with van der Waals surface area (Å²) < 4.78 is 10.4. The molecule has 0 aliphatic rings. The molecular formula is C22H20N2O4. The van der Waals surface area contributed by atoms with Gasteiger partial charge in [-0.2, -0.15) is 0 Å². The summed E-state index contributed by atoms with van der Waals surface area (Å²) in [5.41, 5.74) is 1.68. The summed E-state index contributed by atoms with van der Waals surface area (Å²) in [6.07, 6.45) is 0. The second-order valence-corrected chi connectivity index (χ2v) is 5.79. The molecule has 6 nitrogen and oxygen atoms in total. The molecule has 0 radical (unpaired) electrons. The van der Waals surface area contributed by atoms with Gasteiger partial charge in [0, 0.05) is 11.1 Å². The summed E-state index contributed by atoms with van der Waals surface area (Å²) in [6.45, 7) is 3.80. The lowest BCUT2D eigenvalue weighted by molar-refractivity contribution is 0.0518. The molecule has 2 aromatic carbocycles. The highest BCUT2D eigenvalue weighted by molar-refractivity contribution is 6.04. The van der Waals surface area contributed by atoms with Gasteiger partial charge in [0.25, 0.3) is 0 Å². The molecule has 142 valence electrons. The largest absolute Gasteiger partial charge is 0.461 e. The van der Waals surface area contributed by atoms with Crippen molar-refractivity contribution in [3.8, 4) is 22.5 Å². The summed E-state index contributed by atoms with van der Waals surface area (Å²) in [5, 5.41) is 0. The van der Waals surface area contributed by atoms with Crippen molar-refractivity contribution in [3.05, 3.63) is 72.1 Å². The summed E-state index contributed by atoms with van der Waals surface area (Å²) in [7, 11) is 0. The molecule has 0 atom stereocenters. The van der Waals surface area contributed by atoms with Gasteiger partial charge in [-0.25, -0.2) is 19.6 Å². The van der Waals surface area contributed by atoms with Gasteiger partial charge in [-0.1, -0.05) is 60.7 Å². The van der Waals surface area contributed by atoms with E-state index in [9.17, 15) is 9.59 Å². The summed E-state index contributed by atoms with van der Waals surface area (Å²) >= 11 is 0. The van der Waals surface area contributed by atoms with Crippen LogP contribution in [-0.2, 0) is 9.47 Å². The lowest BCUT2D eigenvalue weighted by atomic mass is 10.0. The predicted molar refractivity (Wildman–Crippen MR) is 105 cm³/mol. The number of rotatable bonds is 6. The number of nitrogens with zero attached hydrogens (tertiary/aromatic N) is 2. The van der Waals surface area contributed by atoms with Crippen molar-refractivity contribution in [2.24, 2.45) is 0 Å². The molecule has 28 heavy (non-hydrogen) atoms. The smallest absolute Gasteiger partial charge is 0.357 e. The number of hydrogen-bond acceptors (Lipinski definition) is 6. The maximum atomic E-state index is 12.7. The topological polar surface area (TPSA) is 78.4 Å². The number of hydrogen-bond donors (Lipinski definition) is 0. The van der Waals surface area contributed by atoms with Gasteiger partial charge >= 0.3 is 11.9 Å². The number of carbonyl (C=O) groups is 2.